The molecule has 1 aromatic heterocycles. The summed E-state index contributed by atoms with van der Waals surface area (Å²) in [6.45, 7) is 6.43. The van der Waals surface area contributed by atoms with Gasteiger partial charge in [0.2, 0.25) is 0 Å². The third kappa shape index (κ3) is 3.34. The lowest BCUT2D eigenvalue weighted by atomic mass is 9.99. The Bertz CT molecular complexity index is 590. The van der Waals surface area contributed by atoms with Crippen molar-refractivity contribution in [3.05, 3.63) is 53.6 Å². The lowest BCUT2D eigenvalue weighted by molar-refractivity contribution is 0.186. The van der Waals surface area contributed by atoms with Gasteiger partial charge in [0.25, 0.3) is 0 Å². The van der Waals surface area contributed by atoms with Crippen molar-refractivity contribution in [1.29, 1.82) is 0 Å². The smallest absolute Gasteiger partial charge is 0.0945 e. The zero-order valence-electron chi connectivity index (χ0n) is 12.9. The van der Waals surface area contributed by atoms with E-state index in [0.717, 1.165) is 26.2 Å². The highest BCUT2D eigenvalue weighted by molar-refractivity contribution is 5.29. The van der Waals surface area contributed by atoms with E-state index in [4.69, 9.17) is 0 Å². The van der Waals surface area contributed by atoms with Crippen LogP contribution in [0.1, 0.15) is 23.7 Å². The molecule has 21 heavy (non-hydrogen) atoms. The summed E-state index contributed by atoms with van der Waals surface area (Å²) < 4.78 is 2.06. The van der Waals surface area contributed by atoms with Crippen LogP contribution in [0.25, 0.3) is 0 Å². The summed E-state index contributed by atoms with van der Waals surface area (Å²) in [5, 5.41) is 3.55. The summed E-state index contributed by atoms with van der Waals surface area (Å²) in [5.41, 5.74) is 4.23. The summed E-state index contributed by atoms with van der Waals surface area (Å²) in [5.74, 6) is 0. The number of nitrogens with zero attached hydrogens (tertiary/aromatic N) is 3. The predicted molar refractivity (Wildman–Crippen MR) is 84.9 cm³/mol. The number of nitrogens with one attached hydrogen (secondary N) is 1. The Kier molecular flexibility index (Phi) is 4.36. The zero-order valence-corrected chi connectivity index (χ0v) is 12.9. The van der Waals surface area contributed by atoms with E-state index in [2.05, 4.69) is 51.0 Å². The maximum atomic E-state index is 4.15. The van der Waals surface area contributed by atoms with Crippen LogP contribution in [0, 0.1) is 0 Å². The number of aryl methyl sites for hydroxylation is 1. The molecule has 1 unspecified atom stereocenters. The van der Waals surface area contributed by atoms with Gasteiger partial charge >= 0.3 is 0 Å². The van der Waals surface area contributed by atoms with Crippen molar-refractivity contribution < 1.29 is 0 Å². The fourth-order valence-electron chi connectivity index (χ4n) is 2.99. The Morgan fingerprint density at radius 2 is 2.10 bits per heavy atom. The first-order valence-electron chi connectivity index (χ1n) is 7.71. The molecule has 0 bridgehead atoms. The Hall–Kier alpha value is -1.65. The van der Waals surface area contributed by atoms with Gasteiger partial charge in [-0.1, -0.05) is 24.3 Å². The monoisotopic (exact) mass is 284 g/mol. The number of hydrogen-bond donors (Lipinski definition) is 1. The number of benzene rings is 1. The van der Waals surface area contributed by atoms with Crippen LogP contribution < -0.4 is 5.32 Å². The first-order valence-corrected chi connectivity index (χ1v) is 7.71. The van der Waals surface area contributed by atoms with Crippen LogP contribution in [0.2, 0.25) is 0 Å². The van der Waals surface area contributed by atoms with Crippen molar-refractivity contribution in [2.24, 2.45) is 7.05 Å². The van der Waals surface area contributed by atoms with Gasteiger partial charge in [-0.2, -0.15) is 0 Å². The fourth-order valence-corrected chi connectivity index (χ4v) is 2.99. The van der Waals surface area contributed by atoms with Crippen LogP contribution in [0.5, 0.6) is 0 Å². The molecule has 1 N–H and O–H groups in total. The molecule has 1 atom stereocenters. The molecule has 1 aliphatic heterocycles. The van der Waals surface area contributed by atoms with Crippen LogP contribution in [0.3, 0.4) is 0 Å². The average Bonchev–Trinajstić information content (AvgIpc) is 2.92. The molecule has 1 aliphatic rings. The molecule has 1 aromatic carbocycles. The zero-order chi connectivity index (χ0) is 14.7. The van der Waals surface area contributed by atoms with Crippen molar-refractivity contribution in [3.8, 4) is 0 Å². The van der Waals surface area contributed by atoms with E-state index >= 15 is 0 Å². The van der Waals surface area contributed by atoms with Crippen molar-refractivity contribution >= 4 is 0 Å². The van der Waals surface area contributed by atoms with Crippen LogP contribution in [0.15, 0.2) is 36.8 Å². The second-order valence-corrected chi connectivity index (χ2v) is 5.96. The molecular formula is C17H24N4. The summed E-state index contributed by atoms with van der Waals surface area (Å²) in [6, 6.07) is 9.36. The number of rotatable bonds is 5. The number of fused-ring (bicyclic) bond motifs is 1. The van der Waals surface area contributed by atoms with Gasteiger partial charge in [-0.3, -0.25) is 4.90 Å². The van der Waals surface area contributed by atoms with Crippen LogP contribution in [0.4, 0.5) is 0 Å². The Morgan fingerprint density at radius 3 is 2.86 bits per heavy atom. The molecule has 0 radical (unpaired) electrons. The lowest BCUT2D eigenvalue weighted by Gasteiger charge is -2.33. The standard InChI is InChI=1S/C17H24N4/c1-14(9-18-10-17-11-19-13-20(17)2)21-8-7-15-5-3-4-6-16(15)12-21/h3-6,11,13-14,18H,7-10,12H2,1-2H3. The summed E-state index contributed by atoms with van der Waals surface area (Å²) in [7, 11) is 2.04. The molecule has 0 spiro atoms. The second-order valence-electron chi connectivity index (χ2n) is 5.96. The van der Waals surface area contributed by atoms with Crippen LogP contribution in [-0.4, -0.2) is 33.6 Å². The minimum atomic E-state index is 0.548. The molecule has 112 valence electrons. The van der Waals surface area contributed by atoms with Crippen molar-refractivity contribution in [3.63, 3.8) is 0 Å². The summed E-state index contributed by atoms with van der Waals surface area (Å²) >= 11 is 0. The highest BCUT2D eigenvalue weighted by atomic mass is 15.2. The number of hydrogen-bond acceptors (Lipinski definition) is 3. The maximum absolute atomic E-state index is 4.15. The molecule has 3 rings (SSSR count). The van der Waals surface area contributed by atoms with E-state index in [1.54, 1.807) is 0 Å². The van der Waals surface area contributed by atoms with Crippen molar-refractivity contribution in [2.45, 2.75) is 32.5 Å². The van der Waals surface area contributed by atoms with Gasteiger partial charge in [-0.05, 0) is 24.5 Å². The van der Waals surface area contributed by atoms with Crippen molar-refractivity contribution in [1.82, 2.24) is 19.8 Å². The second kappa shape index (κ2) is 6.41. The Morgan fingerprint density at radius 1 is 1.29 bits per heavy atom. The molecule has 0 fully saturated rings. The summed E-state index contributed by atoms with van der Waals surface area (Å²) in [6.07, 6.45) is 4.94. The minimum absolute atomic E-state index is 0.548. The largest absolute Gasteiger partial charge is 0.337 e. The fraction of sp³-hybridized carbons (Fsp3) is 0.471. The Labute approximate surface area is 126 Å². The van der Waals surface area contributed by atoms with Crippen LogP contribution >= 0.6 is 0 Å². The van der Waals surface area contributed by atoms with Crippen molar-refractivity contribution in [2.75, 3.05) is 13.1 Å². The lowest BCUT2D eigenvalue weighted by Crippen LogP contribution is -2.43. The van der Waals surface area contributed by atoms with E-state index in [-0.39, 0.29) is 0 Å². The van der Waals surface area contributed by atoms with E-state index in [1.807, 2.05) is 19.6 Å². The molecule has 0 saturated heterocycles. The number of imidazole rings is 1. The molecule has 0 aliphatic carbocycles. The third-order valence-electron chi connectivity index (χ3n) is 4.45. The van der Waals surface area contributed by atoms with Gasteiger partial charge in [0.1, 0.15) is 0 Å². The van der Waals surface area contributed by atoms with E-state index in [1.165, 1.54) is 23.2 Å². The van der Waals surface area contributed by atoms with Gasteiger partial charge in [-0.15, -0.1) is 0 Å². The molecule has 2 aromatic rings. The summed E-state index contributed by atoms with van der Waals surface area (Å²) in [4.78, 5) is 6.71. The van der Waals surface area contributed by atoms with Gasteiger partial charge in [0.05, 0.1) is 12.0 Å². The van der Waals surface area contributed by atoms with Gasteiger partial charge in [0, 0.05) is 45.5 Å². The maximum Gasteiger partial charge on any atom is 0.0945 e. The van der Waals surface area contributed by atoms with E-state index in [0.29, 0.717) is 6.04 Å². The van der Waals surface area contributed by atoms with E-state index < -0.39 is 0 Å². The third-order valence-corrected chi connectivity index (χ3v) is 4.45. The molecule has 0 saturated carbocycles. The average molecular weight is 284 g/mol. The first kappa shape index (κ1) is 14.3. The molecule has 2 heterocycles. The van der Waals surface area contributed by atoms with Crippen LogP contribution in [-0.2, 0) is 26.6 Å². The van der Waals surface area contributed by atoms with E-state index in [9.17, 15) is 0 Å². The Balaban J connectivity index is 1.50. The topological polar surface area (TPSA) is 33.1 Å². The molecule has 0 amide bonds. The highest BCUT2D eigenvalue weighted by Gasteiger charge is 2.19. The van der Waals surface area contributed by atoms with Gasteiger partial charge in [0.15, 0.2) is 0 Å². The molecular weight excluding hydrogens is 260 g/mol. The highest BCUT2D eigenvalue weighted by Crippen LogP contribution is 2.19. The molecule has 4 heteroatoms. The first-order chi connectivity index (χ1) is 10.2. The SMILES string of the molecule is CC(CNCc1cncn1C)N1CCc2ccccc2C1. The van der Waals surface area contributed by atoms with Gasteiger partial charge in [-0.25, -0.2) is 4.98 Å². The quantitative estimate of drug-likeness (QED) is 0.911. The predicted octanol–water partition coefficient (Wildman–Crippen LogP) is 1.96. The minimum Gasteiger partial charge on any atom is -0.337 e. The number of aromatic nitrogens is 2. The molecule has 4 nitrogen and oxygen atoms in total. The normalized spacial score (nSPS) is 16.7. The van der Waals surface area contributed by atoms with Gasteiger partial charge < -0.3 is 9.88 Å².